The summed E-state index contributed by atoms with van der Waals surface area (Å²) >= 11 is 0. The largest absolute Gasteiger partial charge is 0.444 e. The molecule has 0 saturated heterocycles. The smallest absolute Gasteiger partial charge is 0.407 e. The molecule has 0 fully saturated rings. The van der Waals surface area contributed by atoms with E-state index >= 15 is 0 Å². The fourth-order valence-corrected chi connectivity index (χ4v) is 1.54. The van der Waals surface area contributed by atoms with Crippen molar-refractivity contribution in [3.8, 4) is 11.8 Å². The molecule has 1 N–H and O–H groups in total. The summed E-state index contributed by atoms with van der Waals surface area (Å²) in [6.45, 7) is 11.9. The van der Waals surface area contributed by atoms with Crippen molar-refractivity contribution < 1.29 is 9.53 Å². The van der Waals surface area contributed by atoms with Gasteiger partial charge in [-0.1, -0.05) is 36.1 Å². The highest BCUT2D eigenvalue weighted by Crippen LogP contribution is 2.11. The Morgan fingerprint density at radius 1 is 1.29 bits per heavy atom. The first-order valence-electron chi connectivity index (χ1n) is 6.99. The molecule has 3 heteroatoms. The average Bonchev–Trinajstić information content (AvgIpc) is 2.36. The second kappa shape index (κ2) is 7.54. The number of allylic oxidation sites excluding steroid dienone is 1. The van der Waals surface area contributed by atoms with Crippen molar-refractivity contribution in [2.75, 3.05) is 6.54 Å². The molecule has 0 atom stereocenters. The van der Waals surface area contributed by atoms with Gasteiger partial charge in [0.15, 0.2) is 0 Å². The predicted molar refractivity (Wildman–Crippen MR) is 86.9 cm³/mol. The molecule has 1 rings (SSSR count). The lowest BCUT2D eigenvalue weighted by molar-refractivity contribution is 0.0529. The Hall–Kier alpha value is -2.21. The molecular weight excluding hydrogens is 262 g/mol. The van der Waals surface area contributed by atoms with E-state index in [0.29, 0.717) is 13.0 Å². The van der Waals surface area contributed by atoms with Crippen molar-refractivity contribution in [1.82, 2.24) is 5.32 Å². The molecule has 0 spiro atoms. The molecule has 0 radical (unpaired) electrons. The van der Waals surface area contributed by atoms with E-state index in [2.05, 4.69) is 23.7 Å². The van der Waals surface area contributed by atoms with Gasteiger partial charge in [0.05, 0.1) is 0 Å². The third-order valence-corrected chi connectivity index (χ3v) is 2.53. The van der Waals surface area contributed by atoms with Gasteiger partial charge >= 0.3 is 6.09 Å². The Balaban J connectivity index is 2.36. The minimum Gasteiger partial charge on any atom is -0.444 e. The number of amides is 1. The third-order valence-electron chi connectivity index (χ3n) is 2.53. The SMILES string of the molecule is C=C(C)c1ccc(C#CCCNC(=O)OC(C)(C)C)cc1. The van der Waals surface area contributed by atoms with Crippen LogP contribution in [0.15, 0.2) is 30.8 Å². The maximum absolute atomic E-state index is 11.4. The molecule has 1 aromatic rings. The van der Waals surface area contributed by atoms with Crippen LogP contribution < -0.4 is 5.32 Å². The van der Waals surface area contributed by atoms with Crippen LogP contribution in [0.4, 0.5) is 4.79 Å². The number of carbonyl (C=O) groups excluding carboxylic acids is 1. The van der Waals surface area contributed by atoms with Gasteiger partial charge in [0, 0.05) is 18.5 Å². The molecule has 1 amide bonds. The molecule has 0 aliphatic rings. The first-order valence-corrected chi connectivity index (χ1v) is 6.99. The third kappa shape index (κ3) is 7.22. The van der Waals surface area contributed by atoms with E-state index in [4.69, 9.17) is 4.74 Å². The number of hydrogen-bond acceptors (Lipinski definition) is 2. The number of ether oxygens (including phenoxy) is 1. The molecule has 0 aromatic heterocycles. The van der Waals surface area contributed by atoms with E-state index in [1.165, 1.54) is 0 Å². The lowest BCUT2D eigenvalue weighted by Gasteiger charge is -2.19. The quantitative estimate of drug-likeness (QED) is 0.673. The van der Waals surface area contributed by atoms with Crippen molar-refractivity contribution in [3.63, 3.8) is 0 Å². The molecule has 21 heavy (non-hydrogen) atoms. The molecule has 0 saturated carbocycles. The van der Waals surface area contributed by atoms with Crippen LogP contribution in [0.1, 0.15) is 45.2 Å². The van der Waals surface area contributed by atoms with Crippen molar-refractivity contribution in [1.29, 1.82) is 0 Å². The van der Waals surface area contributed by atoms with Gasteiger partial charge in [-0.25, -0.2) is 4.79 Å². The highest BCUT2D eigenvalue weighted by atomic mass is 16.6. The van der Waals surface area contributed by atoms with Gasteiger partial charge < -0.3 is 10.1 Å². The first kappa shape index (κ1) is 16.8. The number of hydrogen-bond donors (Lipinski definition) is 1. The monoisotopic (exact) mass is 285 g/mol. The average molecular weight is 285 g/mol. The van der Waals surface area contributed by atoms with Crippen LogP contribution in [-0.2, 0) is 4.74 Å². The molecular formula is C18H23NO2. The van der Waals surface area contributed by atoms with Crippen molar-refractivity contribution >= 4 is 11.7 Å². The predicted octanol–water partition coefficient (Wildman–Crippen LogP) is 3.99. The fraction of sp³-hybridized carbons (Fsp3) is 0.389. The second-order valence-electron chi connectivity index (χ2n) is 5.84. The summed E-state index contributed by atoms with van der Waals surface area (Å²) in [5.74, 6) is 6.09. The highest BCUT2D eigenvalue weighted by molar-refractivity contribution is 5.67. The van der Waals surface area contributed by atoms with Crippen LogP contribution >= 0.6 is 0 Å². The zero-order chi connectivity index (χ0) is 15.9. The Morgan fingerprint density at radius 2 is 1.90 bits per heavy atom. The van der Waals surface area contributed by atoms with Crippen LogP contribution in [0.3, 0.4) is 0 Å². The number of carbonyl (C=O) groups is 1. The summed E-state index contributed by atoms with van der Waals surface area (Å²) in [4.78, 5) is 11.4. The molecule has 0 bridgehead atoms. The molecule has 0 aliphatic heterocycles. The molecule has 0 unspecified atom stereocenters. The number of alkyl carbamates (subject to hydrolysis) is 1. The van der Waals surface area contributed by atoms with E-state index < -0.39 is 11.7 Å². The van der Waals surface area contributed by atoms with E-state index in [9.17, 15) is 4.79 Å². The van der Waals surface area contributed by atoms with Gasteiger partial charge in [-0.15, -0.1) is 0 Å². The zero-order valence-electron chi connectivity index (χ0n) is 13.2. The first-order chi connectivity index (χ1) is 9.78. The van der Waals surface area contributed by atoms with Gasteiger partial charge in [0.25, 0.3) is 0 Å². The summed E-state index contributed by atoms with van der Waals surface area (Å²) in [5.41, 5.74) is 2.64. The summed E-state index contributed by atoms with van der Waals surface area (Å²) in [7, 11) is 0. The maximum Gasteiger partial charge on any atom is 0.407 e. The molecule has 3 nitrogen and oxygen atoms in total. The summed E-state index contributed by atoms with van der Waals surface area (Å²) in [5, 5.41) is 2.67. The summed E-state index contributed by atoms with van der Waals surface area (Å²) in [6.07, 6.45) is 0.177. The van der Waals surface area contributed by atoms with E-state index in [0.717, 1.165) is 16.7 Å². The number of benzene rings is 1. The normalized spacial score (nSPS) is 10.3. The van der Waals surface area contributed by atoms with E-state index in [-0.39, 0.29) is 0 Å². The fourth-order valence-electron chi connectivity index (χ4n) is 1.54. The van der Waals surface area contributed by atoms with Gasteiger partial charge in [0.2, 0.25) is 0 Å². The Morgan fingerprint density at radius 3 is 2.43 bits per heavy atom. The highest BCUT2D eigenvalue weighted by Gasteiger charge is 2.15. The van der Waals surface area contributed by atoms with E-state index in [1.807, 2.05) is 52.0 Å². The van der Waals surface area contributed by atoms with Crippen LogP contribution in [0.5, 0.6) is 0 Å². The van der Waals surface area contributed by atoms with Crippen LogP contribution in [0.25, 0.3) is 5.57 Å². The number of rotatable bonds is 3. The minimum atomic E-state index is -0.471. The maximum atomic E-state index is 11.4. The van der Waals surface area contributed by atoms with Crippen molar-refractivity contribution in [2.45, 2.75) is 39.7 Å². The van der Waals surface area contributed by atoms with Gasteiger partial charge in [-0.2, -0.15) is 0 Å². The number of nitrogens with one attached hydrogen (secondary N) is 1. The summed E-state index contributed by atoms with van der Waals surface area (Å²) in [6, 6.07) is 7.95. The van der Waals surface area contributed by atoms with E-state index in [1.54, 1.807) is 0 Å². The lowest BCUT2D eigenvalue weighted by atomic mass is 10.1. The topological polar surface area (TPSA) is 38.3 Å². The Bertz CT molecular complexity index is 554. The van der Waals surface area contributed by atoms with Crippen molar-refractivity contribution in [2.24, 2.45) is 0 Å². The Kier molecular flexibility index (Phi) is 6.05. The van der Waals surface area contributed by atoms with Crippen molar-refractivity contribution in [3.05, 3.63) is 42.0 Å². The molecule has 0 heterocycles. The minimum absolute atomic E-state index is 0.407. The van der Waals surface area contributed by atoms with Crippen LogP contribution in [0.2, 0.25) is 0 Å². The standard InChI is InChI=1S/C18H23NO2/c1-14(2)16-11-9-15(10-12-16)8-6-7-13-19-17(20)21-18(3,4)5/h9-12H,1,7,13H2,2-5H3,(H,19,20). The molecule has 0 aliphatic carbocycles. The van der Waals surface area contributed by atoms with Gasteiger partial charge in [-0.3, -0.25) is 0 Å². The Labute approximate surface area is 127 Å². The van der Waals surface area contributed by atoms with Gasteiger partial charge in [0.1, 0.15) is 5.60 Å². The van der Waals surface area contributed by atoms with Gasteiger partial charge in [-0.05, 0) is 45.4 Å². The second-order valence-corrected chi connectivity index (χ2v) is 5.84. The molecule has 1 aromatic carbocycles. The zero-order valence-corrected chi connectivity index (χ0v) is 13.2. The van der Waals surface area contributed by atoms with Crippen LogP contribution in [-0.4, -0.2) is 18.2 Å². The lowest BCUT2D eigenvalue weighted by Crippen LogP contribution is -2.32. The summed E-state index contributed by atoms with van der Waals surface area (Å²) < 4.78 is 5.13. The van der Waals surface area contributed by atoms with Crippen LogP contribution in [0, 0.1) is 11.8 Å². The molecule has 112 valence electrons.